The molecule has 0 bridgehead atoms. The van der Waals surface area contributed by atoms with Gasteiger partial charge in [-0.1, -0.05) is 6.07 Å². The molecule has 4 nitrogen and oxygen atoms in total. The maximum Gasteiger partial charge on any atom is 0.298 e. The number of oxazole rings is 1. The van der Waals surface area contributed by atoms with Crippen molar-refractivity contribution in [2.45, 2.75) is 6.42 Å². The first-order valence-corrected chi connectivity index (χ1v) is 7.00. The molecule has 0 radical (unpaired) electrons. The van der Waals surface area contributed by atoms with Gasteiger partial charge in [0, 0.05) is 24.2 Å². The Bertz CT molecular complexity index is 675. The lowest BCUT2D eigenvalue weighted by molar-refractivity contribution is 0.583. The first-order valence-electron chi connectivity index (χ1n) is 6.12. The van der Waals surface area contributed by atoms with Gasteiger partial charge >= 0.3 is 0 Å². The Balaban J connectivity index is 1.75. The largest absolute Gasteiger partial charge is 0.423 e. The van der Waals surface area contributed by atoms with Gasteiger partial charge in [-0.3, -0.25) is 0 Å². The van der Waals surface area contributed by atoms with Crippen molar-refractivity contribution < 1.29 is 4.42 Å². The summed E-state index contributed by atoms with van der Waals surface area (Å²) in [4.78, 5) is 7.85. The minimum Gasteiger partial charge on any atom is -0.423 e. The molecule has 0 fully saturated rings. The molecule has 0 saturated heterocycles. The molecule has 3 aromatic rings. The molecule has 98 valence electrons. The van der Waals surface area contributed by atoms with E-state index in [2.05, 4.69) is 22.5 Å². The summed E-state index contributed by atoms with van der Waals surface area (Å²) in [6.45, 7) is 0.878. The van der Waals surface area contributed by atoms with Crippen LogP contribution >= 0.6 is 11.3 Å². The molecule has 0 atom stereocenters. The lowest BCUT2D eigenvalue weighted by atomic mass is 10.3. The number of anilines is 2. The van der Waals surface area contributed by atoms with Crippen LogP contribution in [0.4, 0.5) is 11.7 Å². The molecule has 0 aliphatic rings. The average molecular weight is 273 g/mol. The van der Waals surface area contributed by atoms with E-state index in [0.29, 0.717) is 11.7 Å². The average Bonchev–Trinajstić information content (AvgIpc) is 3.04. The zero-order chi connectivity index (χ0) is 13.2. The van der Waals surface area contributed by atoms with Crippen LogP contribution in [-0.4, -0.2) is 18.6 Å². The van der Waals surface area contributed by atoms with Gasteiger partial charge in [-0.15, -0.1) is 11.3 Å². The smallest absolute Gasteiger partial charge is 0.298 e. The van der Waals surface area contributed by atoms with Gasteiger partial charge in [0.25, 0.3) is 6.01 Å². The molecule has 0 spiro atoms. The number of rotatable bonds is 4. The number of fused-ring (bicyclic) bond motifs is 1. The highest BCUT2D eigenvalue weighted by Crippen LogP contribution is 2.23. The fourth-order valence-electron chi connectivity index (χ4n) is 1.92. The third-order valence-corrected chi connectivity index (χ3v) is 3.94. The molecule has 0 aliphatic heterocycles. The van der Waals surface area contributed by atoms with Crippen molar-refractivity contribution in [3.63, 3.8) is 0 Å². The van der Waals surface area contributed by atoms with E-state index in [9.17, 15) is 0 Å². The van der Waals surface area contributed by atoms with Crippen molar-refractivity contribution in [2.75, 3.05) is 24.2 Å². The lowest BCUT2D eigenvalue weighted by Crippen LogP contribution is -2.20. The van der Waals surface area contributed by atoms with E-state index in [1.54, 1.807) is 11.3 Å². The molecule has 0 unspecified atom stereocenters. The number of nitrogen functional groups attached to an aromatic ring is 1. The van der Waals surface area contributed by atoms with Crippen molar-refractivity contribution in [2.24, 2.45) is 0 Å². The number of nitrogens with two attached hydrogens (primary N) is 1. The highest BCUT2D eigenvalue weighted by atomic mass is 32.1. The van der Waals surface area contributed by atoms with Crippen molar-refractivity contribution in [3.8, 4) is 0 Å². The molecule has 1 aromatic carbocycles. The molecule has 2 heterocycles. The highest BCUT2D eigenvalue weighted by molar-refractivity contribution is 7.09. The molecule has 19 heavy (non-hydrogen) atoms. The van der Waals surface area contributed by atoms with Crippen LogP contribution in [0.3, 0.4) is 0 Å². The molecule has 5 heteroatoms. The molecule has 3 rings (SSSR count). The van der Waals surface area contributed by atoms with Crippen molar-refractivity contribution in [3.05, 3.63) is 40.6 Å². The summed E-state index contributed by atoms with van der Waals surface area (Å²) < 4.78 is 5.72. The van der Waals surface area contributed by atoms with E-state index >= 15 is 0 Å². The van der Waals surface area contributed by atoms with Crippen LogP contribution in [0.5, 0.6) is 0 Å². The third-order valence-electron chi connectivity index (χ3n) is 3.00. The lowest BCUT2D eigenvalue weighted by Gasteiger charge is -2.13. The first-order chi connectivity index (χ1) is 9.22. The predicted molar refractivity (Wildman–Crippen MR) is 79.7 cm³/mol. The predicted octanol–water partition coefficient (Wildman–Crippen LogP) is 3.15. The zero-order valence-electron chi connectivity index (χ0n) is 10.7. The Morgan fingerprint density at radius 3 is 3.05 bits per heavy atom. The van der Waals surface area contributed by atoms with Crippen molar-refractivity contribution >= 4 is 34.1 Å². The summed E-state index contributed by atoms with van der Waals surface area (Å²) in [6.07, 6.45) is 0.995. The number of likely N-dealkylation sites (N-methyl/N-ethyl adjacent to an activating group) is 1. The first kappa shape index (κ1) is 12.0. The van der Waals surface area contributed by atoms with Crippen LogP contribution in [0.15, 0.2) is 40.1 Å². The second-order valence-corrected chi connectivity index (χ2v) is 5.51. The molecule has 0 amide bonds. The van der Waals surface area contributed by atoms with Gasteiger partial charge in [0.15, 0.2) is 5.58 Å². The van der Waals surface area contributed by atoms with Gasteiger partial charge in [0.05, 0.1) is 0 Å². The summed E-state index contributed by atoms with van der Waals surface area (Å²) in [6, 6.07) is 10.4. The van der Waals surface area contributed by atoms with Gasteiger partial charge in [0.1, 0.15) is 5.52 Å². The van der Waals surface area contributed by atoms with Crippen LogP contribution in [-0.2, 0) is 6.42 Å². The Morgan fingerprint density at radius 2 is 2.26 bits per heavy atom. The maximum atomic E-state index is 5.74. The number of hydrogen-bond donors (Lipinski definition) is 1. The topological polar surface area (TPSA) is 55.3 Å². The van der Waals surface area contributed by atoms with Crippen molar-refractivity contribution in [1.29, 1.82) is 0 Å². The summed E-state index contributed by atoms with van der Waals surface area (Å²) >= 11 is 1.77. The SMILES string of the molecule is CN(CCc1cccs1)c1nc2cc(N)ccc2o1. The van der Waals surface area contributed by atoms with Crippen LogP contribution in [0.1, 0.15) is 4.88 Å². The summed E-state index contributed by atoms with van der Waals surface area (Å²) in [5.74, 6) is 0. The number of aromatic nitrogens is 1. The number of nitrogens with zero attached hydrogens (tertiary/aromatic N) is 2. The normalized spacial score (nSPS) is 11.0. The Kier molecular flexibility index (Phi) is 3.13. The monoisotopic (exact) mass is 273 g/mol. The highest BCUT2D eigenvalue weighted by Gasteiger charge is 2.10. The standard InChI is InChI=1S/C14H15N3OS/c1-17(7-6-11-3-2-8-19-11)14-16-12-9-10(15)4-5-13(12)18-14/h2-5,8-9H,6-7,15H2,1H3. The van der Waals surface area contributed by atoms with Gasteiger partial charge in [0.2, 0.25) is 0 Å². The Labute approximate surface area is 115 Å². The van der Waals surface area contributed by atoms with Gasteiger partial charge < -0.3 is 15.1 Å². The molecule has 2 aromatic heterocycles. The minimum absolute atomic E-state index is 0.636. The molecule has 2 N–H and O–H groups in total. The Hall–Kier alpha value is -2.01. The van der Waals surface area contributed by atoms with E-state index in [4.69, 9.17) is 10.2 Å². The van der Waals surface area contributed by atoms with Crippen LogP contribution < -0.4 is 10.6 Å². The summed E-state index contributed by atoms with van der Waals surface area (Å²) in [5.41, 5.74) is 8.01. The van der Waals surface area contributed by atoms with E-state index in [1.165, 1.54) is 4.88 Å². The van der Waals surface area contributed by atoms with Crippen LogP contribution in [0, 0.1) is 0 Å². The maximum absolute atomic E-state index is 5.74. The summed E-state index contributed by atoms with van der Waals surface area (Å²) in [7, 11) is 1.99. The number of benzene rings is 1. The second-order valence-electron chi connectivity index (χ2n) is 4.47. The molecule has 0 saturated carbocycles. The summed E-state index contributed by atoms with van der Waals surface area (Å²) in [5, 5.41) is 2.09. The number of thiophene rings is 1. The van der Waals surface area contributed by atoms with Gasteiger partial charge in [-0.2, -0.15) is 4.98 Å². The van der Waals surface area contributed by atoms with Gasteiger partial charge in [-0.25, -0.2) is 0 Å². The number of hydrogen-bond acceptors (Lipinski definition) is 5. The fourth-order valence-corrected chi connectivity index (χ4v) is 2.62. The Morgan fingerprint density at radius 1 is 1.37 bits per heavy atom. The van der Waals surface area contributed by atoms with Crippen molar-refractivity contribution in [1.82, 2.24) is 4.98 Å². The zero-order valence-corrected chi connectivity index (χ0v) is 11.5. The van der Waals surface area contributed by atoms with Crippen LogP contribution in [0.25, 0.3) is 11.1 Å². The fraction of sp³-hybridized carbons (Fsp3) is 0.214. The van der Waals surface area contributed by atoms with E-state index < -0.39 is 0 Å². The quantitative estimate of drug-likeness (QED) is 0.742. The van der Waals surface area contributed by atoms with E-state index in [-0.39, 0.29) is 0 Å². The second kappa shape index (κ2) is 4.93. The molecular weight excluding hydrogens is 258 g/mol. The van der Waals surface area contributed by atoms with E-state index in [1.807, 2.05) is 30.1 Å². The molecular formula is C14H15N3OS. The van der Waals surface area contributed by atoms with E-state index in [0.717, 1.165) is 24.1 Å². The van der Waals surface area contributed by atoms with Crippen LogP contribution in [0.2, 0.25) is 0 Å². The third kappa shape index (κ3) is 2.56. The van der Waals surface area contributed by atoms with Gasteiger partial charge in [-0.05, 0) is 36.1 Å². The molecule has 0 aliphatic carbocycles. The minimum atomic E-state index is 0.636.